The average Bonchev–Trinajstić information content (AvgIpc) is 2.52. The van der Waals surface area contributed by atoms with Crippen LogP contribution >= 0.6 is 0 Å². The fraction of sp³-hybridized carbons (Fsp3) is 0.667. The molecule has 0 amide bonds. The van der Waals surface area contributed by atoms with Crippen molar-refractivity contribution in [2.24, 2.45) is 0 Å². The van der Waals surface area contributed by atoms with E-state index in [1.807, 2.05) is 0 Å². The molecule has 0 aromatic heterocycles. The first-order valence-corrected chi connectivity index (χ1v) is 8.48. The molecule has 1 atom stereocenters. The van der Waals surface area contributed by atoms with E-state index in [1.54, 1.807) is 0 Å². The summed E-state index contributed by atoms with van der Waals surface area (Å²) in [7, 11) is 2.19. The number of ether oxygens (including phenoxy) is 1. The van der Waals surface area contributed by atoms with Crippen LogP contribution in [0.4, 0.5) is 0 Å². The number of hydrogen-bond acceptors (Lipinski definition) is 3. The summed E-state index contributed by atoms with van der Waals surface area (Å²) in [6, 6.07) is 9.25. The molecule has 1 unspecified atom stereocenters. The number of piperidine rings is 2. The van der Waals surface area contributed by atoms with Crippen LogP contribution in [0.1, 0.15) is 37.7 Å². The molecule has 0 saturated carbocycles. The van der Waals surface area contributed by atoms with Crippen LogP contribution < -0.4 is 10.1 Å². The Labute approximate surface area is 128 Å². The lowest BCUT2D eigenvalue weighted by Gasteiger charge is -2.30. The molecule has 1 aromatic rings. The summed E-state index contributed by atoms with van der Waals surface area (Å²) in [4.78, 5) is 2.39. The Morgan fingerprint density at radius 2 is 1.95 bits per heavy atom. The van der Waals surface area contributed by atoms with Gasteiger partial charge in [-0.15, -0.1) is 0 Å². The third-order valence-electron chi connectivity index (χ3n) is 4.81. The predicted octanol–water partition coefficient (Wildman–Crippen LogP) is 2.84. The maximum atomic E-state index is 6.32. The van der Waals surface area contributed by atoms with Crippen molar-refractivity contribution < 1.29 is 4.74 Å². The van der Waals surface area contributed by atoms with Gasteiger partial charge >= 0.3 is 0 Å². The van der Waals surface area contributed by atoms with Crippen molar-refractivity contribution >= 4 is 0 Å². The third-order valence-corrected chi connectivity index (χ3v) is 4.81. The van der Waals surface area contributed by atoms with E-state index in [4.69, 9.17) is 4.74 Å². The van der Waals surface area contributed by atoms with E-state index in [0.717, 1.165) is 38.1 Å². The van der Waals surface area contributed by atoms with Crippen LogP contribution in [-0.2, 0) is 6.42 Å². The Kier molecular flexibility index (Phi) is 5.15. The molecule has 3 heteroatoms. The Morgan fingerprint density at radius 1 is 1.14 bits per heavy atom. The fourth-order valence-electron chi connectivity index (χ4n) is 3.43. The van der Waals surface area contributed by atoms with Crippen molar-refractivity contribution in [3.8, 4) is 5.75 Å². The zero-order chi connectivity index (χ0) is 14.5. The van der Waals surface area contributed by atoms with Crippen LogP contribution in [0.25, 0.3) is 0 Å². The molecule has 0 spiro atoms. The molecule has 0 bridgehead atoms. The molecule has 3 nitrogen and oxygen atoms in total. The van der Waals surface area contributed by atoms with Crippen LogP contribution in [0.5, 0.6) is 5.75 Å². The third kappa shape index (κ3) is 4.21. The van der Waals surface area contributed by atoms with Crippen molar-refractivity contribution in [1.82, 2.24) is 10.2 Å². The minimum absolute atomic E-state index is 0.390. The largest absolute Gasteiger partial charge is 0.490 e. The van der Waals surface area contributed by atoms with Gasteiger partial charge in [0.05, 0.1) is 0 Å². The fourth-order valence-corrected chi connectivity index (χ4v) is 3.43. The summed E-state index contributed by atoms with van der Waals surface area (Å²) in [5.41, 5.74) is 1.37. The smallest absolute Gasteiger partial charge is 0.122 e. The molecule has 2 aliphatic rings. The number of nitrogens with one attached hydrogen (secondary N) is 1. The second kappa shape index (κ2) is 7.28. The normalized spacial score (nSPS) is 24.9. The first kappa shape index (κ1) is 14.9. The van der Waals surface area contributed by atoms with Crippen molar-refractivity contribution in [2.45, 2.75) is 50.7 Å². The van der Waals surface area contributed by atoms with E-state index in [2.05, 4.69) is 41.5 Å². The monoisotopic (exact) mass is 288 g/mol. The van der Waals surface area contributed by atoms with Crippen LogP contribution in [-0.4, -0.2) is 43.7 Å². The van der Waals surface area contributed by atoms with E-state index >= 15 is 0 Å². The molecule has 21 heavy (non-hydrogen) atoms. The number of rotatable bonds is 4. The van der Waals surface area contributed by atoms with Crippen LogP contribution in [0, 0.1) is 0 Å². The van der Waals surface area contributed by atoms with Gasteiger partial charge in [0.15, 0.2) is 0 Å². The molecule has 2 saturated heterocycles. The van der Waals surface area contributed by atoms with Crippen LogP contribution in [0.2, 0.25) is 0 Å². The van der Waals surface area contributed by atoms with E-state index in [0.29, 0.717) is 12.1 Å². The molecular weight excluding hydrogens is 260 g/mol. The van der Waals surface area contributed by atoms with Crippen LogP contribution in [0.15, 0.2) is 24.3 Å². The average molecular weight is 288 g/mol. The van der Waals surface area contributed by atoms with Gasteiger partial charge in [0.2, 0.25) is 0 Å². The minimum atomic E-state index is 0.390. The summed E-state index contributed by atoms with van der Waals surface area (Å²) in [5, 5.41) is 3.64. The van der Waals surface area contributed by atoms with Gasteiger partial charge in [-0.1, -0.05) is 24.6 Å². The topological polar surface area (TPSA) is 24.5 Å². The molecule has 0 radical (unpaired) electrons. The second-order valence-corrected chi connectivity index (χ2v) is 6.58. The van der Waals surface area contributed by atoms with E-state index < -0.39 is 0 Å². The Hall–Kier alpha value is -1.06. The van der Waals surface area contributed by atoms with E-state index in [-0.39, 0.29) is 0 Å². The molecule has 1 aromatic carbocycles. The van der Waals surface area contributed by atoms with Crippen molar-refractivity contribution in [2.75, 3.05) is 26.7 Å². The van der Waals surface area contributed by atoms with Crippen LogP contribution in [0.3, 0.4) is 0 Å². The maximum Gasteiger partial charge on any atom is 0.122 e. The van der Waals surface area contributed by atoms with Gasteiger partial charge < -0.3 is 15.0 Å². The number of likely N-dealkylation sites (tertiary alicyclic amines) is 1. The number of hydrogen-bond donors (Lipinski definition) is 1. The molecule has 1 N–H and O–H groups in total. The highest BCUT2D eigenvalue weighted by Gasteiger charge is 2.20. The first-order chi connectivity index (χ1) is 10.3. The summed E-state index contributed by atoms with van der Waals surface area (Å²) in [5.74, 6) is 1.11. The lowest BCUT2D eigenvalue weighted by molar-refractivity contribution is 0.113. The zero-order valence-electron chi connectivity index (χ0n) is 13.2. The number of benzene rings is 1. The molecule has 2 aliphatic heterocycles. The lowest BCUT2D eigenvalue weighted by Crippen LogP contribution is -2.37. The van der Waals surface area contributed by atoms with Gasteiger partial charge in [-0.05, 0) is 57.3 Å². The highest BCUT2D eigenvalue weighted by atomic mass is 16.5. The van der Waals surface area contributed by atoms with E-state index in [9.17, 15) is 0 Å². The van der Waals surface area contributed by atoms with Crippen molar-refractivity contribution in [3.05, 3.63) is 29.8 Å². The van der Waals surface area contributed by atoms with Crippen molar-refractivity contribution in [3.63, 3.8) is 0 Å². The second-order valence-electron chi connectivity index (χ2n) is 6.58. The summed E-state index contributed by atoms with van der Waals surface area (Å²) in [6.07, 6.45) is 7.76. The Balaban J connectivity index is 1.61. The zero-order valence-corrected chi connectivity index (χ0v) is 13.2. The number of nitrogens with zero attached hydrogens (tertiary/aromatic N) is 1. The molecule has 116 valence electrons. The maximum absolute atomic E-state index is 6.32. The SMILES string of the molecule is CN1CCC(Oc2ccccc2CC2CCCCN2)CC1. The van der Waals surface area contributed by atoms with Gasteiger partial charge in [0.25, 0.3) is 0 Å². The van der Waals surface area contributed by atoms with Gasteiger partial charge in [-0.3, -0.25) is 0 Å². The van der Waals surface area contributed by atoms with Gasteiger partial charge in [0.1, 0.15) is 11.9 Å². The van der Waals surface area contributed by atoms with Gasteiger partial charge in [-0.2, -0.15) is 0 Å². The number of para-hydroxylation sites is 1. The minimum Gasteiger partial charge on any atom is -0.490 e. The molecule has 2 fully saturated rings. The Morgan fingerprint density at radius 3 is 2.71 bits per heavy atom. The van der Waals surface area contributed by atoms with Gasteiger partial charge in [-0.25, -0.2) is 0 Å². The highest BCUT2D eigenvalue weighted by molar-refractivity contribution is 5.34. The molecule has 2 heterocycles. The lowest BCUT2D eigenvalue weighted by atomic mass is 9.97. The van der Waals surface area contributed by atoms with E-state index in [1.165, 1.54) is 31.4 Å². The standard InChI is InChI=1S/C18H28N2O/c1-20-12-9-17(10-13-20)21-18-8-3-2-6-15(18)14-16-7-4-5-11-19-16/h2-3,6,8,16-17,19H,4-5,7,9-14H2,1H3. The summed E-state index contributed by atoms with van der Waals surface area (Å²) < 4.78 is 6.32. The van der Waals surface area contributed by atoms with Gasteiger partial charge in [0, 0.05) is 19.1 Å². The quantitative estimate of drug-likeness (QED) is 0.922. The first-order valence-electron chi connectivity index (χ1n) is 8.48. The molecule has 0 aliphatic carbocycles. The molecular formula is C18H28N2O. The Bertz CT molecular complexity index is 435. The van der Waals surface area contributed by atoms with Crippen molar-refractivity contribution in [1.29, 1.82) is 0 Å². The highest BCUT2D eigenvalue weighted by Crippen LogP contribution is 2.25. The predicted molar refractivity (Wildman–Crippen MR) is 86.9 cm³/mol. The summed E-state index contributed by atoms with van der Waals surface area (Å²) in [6.45, 7) is 3.47. The molecule has 3 rings (SSSR count). The summed E-state index contributed by atoms with van der Waals surface area (Å²) >= 11 is 0.